The second kappa shape index (κ2) is 8.46. The van der Waals surface area contributed by atoms with Crippen molar-refractivity contribution in [2.24, 2.45) is 5.92 Å². The van der Waals surface area contributed by atoms with Crippen molar-refractivity contribution in [1.29, 1.82) is 0 Å². The highest BCUT2D eigenvalue weighted by molar-refractivity contribution is 5.26. The molecule has 1 aromatic carbocycles. The van der Waals surface area contributed by atoms with Crippen molar-refractivity contribution < 1.29 is 0 Å². The Morgan fingerprint density at radius 3 is 2.60 bits per heavy atom. The van der Waals surface area contributed by atoms with Gasteiger partial charge in [-0.15, -0.1) is 0 Å². The summed E-state index contributed by atoms with van der Waals surface area (Å²) < 4.78 is 0. The summed E-state index contributed by atoms with van der Waals surface area (Å²) in [5, 5.41) is 3.79. The Labute approximate surface area is 125 Å². The van der Waals surface area contributed by atoms with E-state index in [0.717, 1.165) is 12.5 Å². The highest BCUT2D eigenvalue weighted by Gasteiger charge is 2.19. The number of aryl methyl sites for hydroxylation is 1. The molecule has 0 bridgehead atoms. The summed E-state index contributed by atoms with van der Waals surface area (Å²) in [7, 11) is 0. The standard InChI is InChI=1S/C19H31N/c1-3-13-20-19(14-17-10-5-4-6-11-17)15-18-12-8-7-9-16(18)2/h7-9,12,17,19-20H,3-6,10-11,13-15H2,1-2H3. The third-order valence-electron chi connectivity index (χ3n) is 4.75. The summed E-state index contributed by atoms with van der Waals surface area (Å²) in [6.07, 6.45) is 11.1. The van der Waals surface area contributed by atoms with E-state index in [9.17, 15) is 0 Å². The Balaban J connectivity index is 1.93. The van der Waals surface area contributed by atoms with Crippen molar-refractivity contribution in [3.63, 3.8) is 0 Å². The van der Waals surface area contributed by atoms with E-state index in [1.807, 2.05) is 0 Å². The first-order chi connectivity index (χ1) is 9.79. The maximum Gasteiger partial charge on any atom is 0.0110 e. The van der Waals surface area contributed by atoms with Crippen LogP contribution in [0.3, 0.4) is 0 Å². The van der Waals surface area contributed by atoms with Gasteiger partial charge < -0.3 is 5.32 Å². The van der Waals surface area contributed by atoms with Gasteiger partial charge >= 0.3 is 0 Å². The zero-order valence-corrected chi connectivity index (χ0v) is 13.3. The molecule has 1 aromatic rings. The molecule has 1 saturated carbocycles. The Kier molecular flexibility index (Phi) is 6.59. The molecule has 112 valence electrons. The summed E-state index contributed by atoms with van der Waals surface area (Å²) in [6.45, 7) is 5.66. The lowest BCUT2D eigenvalue weighted by molar-refractivity contribution is 0.296. The van der Waals surface area contributed by atoms with Crippen molar-refractivity contribution in [3.05, 3.63) is 35.4 Å². The van der Waals surface area contributed by atoms with Gasteiger partial charge in [-0.25, -0.2) is 0 Å². The maximum absolute atomic E-state index is 3.79. The smallest absolute Gasteiger partial charge is 0.0110 e. The van der Waals surface area contributed by atoms with Gasteiger partial charge in [0.05, 0.1) is 0 Å². The van der Waals surface area contributed by atoms with Gasteiger partial charge in [-0.05, 0) is 49.8 Å². The lowest BCUT2D eigenvalue weighted by Gasteiger charge is -2.27. The minimum atomic E-state index is 0.666. The number of rotatable bonds is 7. The van der Waals surface area contributed by atoms with Crippen LogP contribution >= 0.6 is 0 Å². The van der Waals surface area contributed by atoms with Crippen molar-refractivity contribution in [3.8, 4) is 0 Å². The lowest BCUT2D eigenvalue weighted by Crippen LogP contribution is -2.34. The van der Waals surface area contributed by atoms with Gasteiger partial charge in [0, 0.05) is 6.04 Å². The maximum atomic E-state index is 3.79. The number of nitrogens with one attached hydrogen (secondary N) is 1. The van der Waals surface area contributed by atoms with E-state index < -0.39 is 0 Å². The predicted molar refractivity (Wildman–Crippen MR) is 88.2 cm³/mol. The minimum Gasteiger partial charge on any atom is -0.314 e. The van der Waals surface area contributed by atoms with E-state index in [4.69, 9.17) is 0 Å². The van der Waals surface area contributed by atoms with Crippen molar-refractivity contribution in [2.75, 3.05) is 6.54 Å². The first-order valence-corrected chi connectivity index (χ1v) is 8.57. The molecule has 0 aromatic heterocycles. The molecule has 0 aliphatic heterocycles. The van der Waals surface area contributed by atoms with Crippen LogP contribution in [0.4, 0.5) is 0 Å². The minimum absolute atomic E-state index is 0.666. The van der Waals surface area contributed by atoms with E-state index in [-0.39, 0.29) is 0 Å². The van der Waals surface area contributed by atoms with Crippen LogP contribution in [0.1, 0.15) is 63.0 Å². The average Bonchev–Trinajstić information content (AvgIpc) is 2.48. The van der Waals surface area contributed by atoms with Crippen LogP contribution in [0, 0.1) is 12.8 Å². The zero-order chi connectivity index (χ0) is 14.2. The summed E-state index contributed by atoms with van der Waals surface area (Å²) in [5.41, 5.74) is 2.97. The zero-order valence-electron chi connectivity index (χ0n) is 13.3. The Hall–Kier alpha value is -0.820. The van der Waals surface area contributed by atoms with Gasteiger partial charge in [0.2, 0.25) is 0 Å². The fourth-order valence-electron chi connectivity index (χ4n) is 3.52. The molecule has 20 heavy (non-hydrogen) atoms. The van der Waals surface area contributed by atoms with E-state index in [1.54, 1.807) is 0 Å². The quantitative estimate of drug-likeness (QED) is 0.747. The van der Waals surface area contributed by atoms with Gasteiger partial charge in [-0.1, -0.05) is 63.3 Å². The van der Waals surface area contributed by atoms with E-state index in [2.05, 4.69) is 43.4 Å². The van der Waals surface area contributed by atoms with Crippen LogP contribution in [-0.4, -0.2) is 12.6 Å². The molecular weight excluding hydrogens is 242 g/mol. The molecular formula is C19H31N. The normalized spacial score (nSPS) is 18.1. The van der Waals surface area contributed by atoms with Crippen molar-refractivity contribution in [1.82, 2.24) is 5.32 Å². The average molecular weight is 273 g/mol. The SMILES string of the molecule is CCCNC(Cc1ccccc1C)CC1CCCCC1. The predicted octanol–water partition coefficient (Wildman–Crippen LogP) is 4.88. The lowest BCUT2D eigenvalue weighted by atomic mass is 9.83. The molecule has 0 amide bonds. The van der Waals surface area contributed by atoms with Crippen LogP contribution in [0.5, 0.6) is 0 Å². The number of benzene rings is 1. The first-order valence-electron chi connectivity index (χ1n) is 8.57. The second-order valence-corrected chi connectivity index (χ2v) is 6.52. The third-order valence-corrected chi connectivity index (χ3v) is 4.75. The first kappa shape index (κ1) is 15.6. The van der Waals surface area contributed by atoms with Crippen molar-refractivity contribution in [2.45, 2.75) is 71.3 Å². The van der Waals surface area contributed by atoms with E-state index in [1.165, 1.54) is 62.5 Å². The third kappa shape index (κ3) is 4.94. The van der Waals surface area contributed by atoms with Crippen LogP contribution < -0.4 is 5.32 Å². The Morgan fingerprint density at radius 2 is 1.90 bits per heavy atom. The molecule has 1 fully saturated rings. The number of hydrogen-bond donors (Lipinski definition) is 1. The molecule has 1 aliphatic rings. The summed E-state index contributed by atoms with van der Waals surface area (Å²) in [4.78, 5) is 0. The van der Waals surface area contributed by atoms with Crippen molar-refractivity contribution >= 4 is 0 Å². The highest BCUT2D eigenvalue weighted by Crippen LogP contribution is 2.28. The van der Waals surface area contributed by atoms with Crippen LogP contribution in [0.25, 0.3) is 0 Å². The molecule has 1 nitrogen and oxygen atoms in total. The molecule has 1 N–H and O–H groups in total. The molecule has 2 rings (SSSR count). The monoisotopic (exact) mass is 273 g/mol. The summed E-state index contributed by atoms with van der Waals surface area (Å²) >= 11 is 0. The van der Waals surface area contributed by atoms with Gasteiger partial charge in [0.25, 0.3) is 0 Å². The highest BCUT2D eigenvalue weighted by atomic mass is 14.9. The van der Waals surface area contributed by atoms with Gasteiger partial charge in [-0.2, -0.15) is 0 Å². The topological polar surface area (TPSA) is 12.0 Å². The largest absolute Gasteiger partial charge is 0.314 e. The summed E-state index contributed by atoms with van der Waals surface area (Å²) in [6, 6.07) is 9.54. The van der Waals surface area contributed by atoms with E-state index in [0.29, 0.717) is 6.04 Å². The molecule has 0 radical (unpaired) electrons. The molecule has 0 saturated heterocycles. The van der Waals surface area contributed by atoms with Gasteiger partial charge in [0.1, 0.15) is 0 Å². The van der Waals surface area contributed by atoms with Gasteiger partial charge in [0.15, 0.2) is 0 Å². The van der Waals surface area contributed by atoms with Gasteiger partial charge in [-0.3, -0.25) is 0 Å². The summed E-state index contributed by atoms with van der Waals surface area (Å²) in [5.74, 6) is 0.960. The molecule has 1 heteroatoms. The van der Waals surface area contributed by atoms with Crippen LogP contribution in [-0.2, 0) is 6.42 Å². The number of hydrogen-bond acceptors (Lipinski definition) is 1. The fraction of sp³-hybridized carbons (Fsp3) is 0.684. The fourth-order valence-corrected chi connectivity index (χ4v) is 3.52. The molecule has 1 atom stereocenters. The molecule has 1 unspecified atom stereocenters. The van der Waals surface area contributed by atoms with Crippen LogP contribution in [0.15, 0.2) is 24.3 Å². The van der Waals surface area contributed by atoms with E-state index >= 15 is 0 Å². The second-order valence-electron chi connectivity index (χ2n) is 6.52. The Morgan fingerprint density at radius 1 is 1.15 bits per heavy atom. The van der Waals surface area contributed by atoms with Crippen LogP contribution in [0.2, 0.25) is 0 Å². The Bertz CT molecular complexity index is 379. The molecule has 0 heterocycles. The molecule has 1 aliphatic carbocycles. The molecule has 0 spiro atoms.